The van der Waals surface area contributed by atoms with E-state index in [1.807, 2.05) is 37.3 Å². The van der Waals surface area contributed by atoms with Gasteiger partial charge in [-0.25, -0.2) is 9.98 Å². The van der Waals surface area contributed by atoms with Crippen LogP contribution in [0.25, 0.3) is 0 Å². The predicted octanol–water partition coefficient (Wildman–Crippen LogP) is 2.83. The summed E-state index contributed by atoms with van der Waals surface area (Å²) in [5, 5.41) is 0. The van der Waals surface area contributed by atoms with Crippen molar-refractivity contribution in [2.45, 2.75) is 13.5 Å². The zero-order chi connectivity index (χ0) is 12.8. The molecule has 0 aliphatic carbocycles. The first-order valence-corrected chi connectivity index (χ1v) is 5.67. The van der Waals surface area contributed by atoms with Gasteiger partial charge < -0.3 is 9.72 Å². The Balaban J connectivity index is 2.12. The van der Waals surface area contributed by atoms with Crippen molar-refractivity contribution in [1.82, 2.24) is 9.97 Å². The number of aromatic nitrogens is 2. The predicted molar refractivity (Wildman–Crippen MR) is 71.3 cm³/mol. The molecule has 0 aliphatic rings. The lowest BCUT2D eigenvalue weighted by Gasteiger charge is -2.07. The van der Waals surface area contributed by atoms with E-state index in [0.717, 1.165) is 11.3 Å². The zero-order valence-corrected chi connectivity index (χ0v) is 10.3. The molecule has 0 saturated carbocycles. The SMILES string of the molecule is C=CN=C(OCc1ccccc1)c1nc[nH]c1C. The highest BCUT2D eigenvalue weighted by molar-refractivity contribution is 5.93. The first-order chi connectivity index (χ1) is 8.81. The number of ether oxygens (including phenoxy) is 1. The Bertz CT molecular complexity index is 543. The number of nitrogens with zero attached hydrogens (tertiary/aromatic N) is 2. The number of hydrogen-bond donors (Lipinski definition) is 1. The van der Waals surface area contributed by atoms with E-state index >= 15 is 0 Å². The average Bonchev–Trinajstić information content (AvgIpc) is 2.82. The molecule has 1 aromatic heterocycles. The van der Waals surface area contributed by atoms with Crippen LogP contribution in [0.5, 0.6) is 0 Å². The third-order valence-electron chi connectivity index (χ3n) is 2.46. The number of aliphatic imine (C=N–C) groups is 1. The lowest BCUT2D eigenvalue weighted by atomic mass is 10.2. The second kappa shape index (κ2) is 5.82. The Kier molecular flexibility index (Phi) is 3.91. The van der Waals surface area contributed by atoms with Gasteiger partial charge in [0.05, 0.1) is 6.33 Å². The van der Waals surface area contributed by atoms with E-state index in [4.69, 9.17) is 4.74 Å². The summed E-state index contributed by atoms with van der Waals surface area (Å²) >= 11 is 0. The minimum absolute atomic E-state index is 0.458. The minimum Gasteiger partial charge on any atom is -0.471 e. The van der Waals surface area contributed by atoms with Crippen LogP contribution in [-0.2, 0) is 11.3 Å². The van der Waals surface area contributed by atoms with Gasteiger partial charge in [0.2, 0.25) is 5.90 Å². The number of H-pyrrole nitrogens is 1. The molecular formula is C14H15N3O. The fourth-order valence-corrected chi connectivity index (χ4v) is 1.55. The molecule has 0 unspecified atom stereocenters. The number of benzene rings is 1. The van der Waals surface area contributed by atoms with Crippen LogP contribution in [0.4, 0.5) is 0 Å². The molecule has 18 heavy (non-hydrogen) atoms. The van der Waals surface area contributed by atoms with Crippen LogP contribution in [0.2, 0.25) is 0 Å². The molecule has 2 aromatic rings. The van der Waals surface area contributed by atoms with Crippen molar-refractivity contribution in [3.8, 4) is 0 Å². The quantitative estimate of drug-likeness (QED) is 0.661. The molecule has 92 valence electrons. The molecule has 0 fully saturated rings. The van der Waals surface area contributed by atoms with E-state index < -0.39 is 0 Å². The van der Waals surface area contributed by atoms with E-state index in [-0.39, 0.29) is 0 Å². The standard InChI is InChI=1S/C14H15N3O/c1-3-15-14(13-11(2)16-10-17-13)18-9-12-7-5-4-6-8-12/h3-8,10H,1,9H2,2H3,(H,16,17). The van der Waals surface area contributed by atoms with Crippen molar-refractivity contribution in [2.75, 3.05) is 0 Å². The first kappa shape index (κ1) is 12.1. The second-order valence-electron chi connectivity index (χ2n) is 3.77. The lowest BCUT2D eigenvalue weighted by Crippen LogP contribution is -2.08. The highest BCUT2D eigenvalue weighted by Gasteiger charge is 2.10. The van der Waals surface area contributed by atoms with Crippen LogP contribution in [0.3, 0.4) is 0 Å². The van der Waals surface area contributed by atoms with Crippen LogP contribution >= 0.6 is 0 Å². The summed E-state index contributed by atoms with van der Waals surface area (Å²) in [5.41, 5.74) is 2.72. The Morgan fingerprint density at radius 2 is 2.22 bits per heavy atom. The van der Waals surface area contributed by atoms with Crippen LogP contribution < -0.4 is 0 Å². The largest absolute Gasteiger partial charge is 0.471 e. The topological polar surface area (TPSA) is 50.3 Å². The highest BCUT2D eigenvalue weighted by Crippen LogP contribution is 2.08. The van der Waals surface area contributed by atoms with Gasteiger partial charge in [-0.3, -0.25) is 0 Å². The van der Waals surface area contributed by atoms with Gasteiger partial charge >= 0.3 is 0 Å². The smallest absolute Gasteiger partial charge is 0.242 e. The molecule has 0 spiro atoms. The molecule has 0 bridgehead atoms. The summed E-state index contributed by atoms with van der Waals surface area (Å²) in [6, 6.07) is 9.93. The van der Waals surface area contributed by atoms with Crippen molar-refractivity contribution in [3.05, 3.63) is 66.4 Å². The number of nitrogens with one attached hydrogen (secondary N) is 1. The summed E-state index contributed by atoms with van der Waals surface area (Å²) in [4.78, 5) is 11.3. The van der Waals surface area contributed by atoms with Gasteiger partial charge in [-0.05, 0) is 12.5 Å². The maximum atomic E-state index is 5.69. The van der Waals surface area contributed by atoms with Crippen molar-refractivity contribution in [1.29, 1.82) is 0 Å². The van der Waals surface area contributed by atoms with Crippen LogP contribution in [0, 0.1) is 6.92 Å². The van der Waals surface area contributed by atoms with Gasteiger partial charge in [0, 0.05) is 11.9 Å². The van der Waals surface area contributed by atoms with Gasteiger partial charge in [0.25, 0.3) is 0 Å². The zero-order valence-electron chi connectivity index (χ0n) is 10.3. The van der Waals surface area contributed by atoms with E-state index in [1.165, 1.54) is 6.20 Å². The maximum Gasteiger partial charge on any atom is 0.242 e. The summed E-state index contributed by atoms with van der Waals surface area (Å²) in [6.45, 7) is 5.97. The first-order valence-electron chi connectivity index (χ1n) is 5.67. The molecule has 1 heterocycles. The molecular weight excluding hydrogens is 226 g/mol. The molecule has 0 atom stereocenters. The van der Waals surface area contributed by atoms with E-state index in [0.29, 0.717) is 18.2 Å². The Labute approximate surface area is 106 Å². The molecule has 4 nitrogen and oxygen atoms in total. The molecule has 4 heteroatoms. The van der Waals surface area contributed by atoms with Gasteiger partial charge in [-0.2, -0.15) is 0 Å². The lowest BCUT2D eigenvalue weighted by molar-refractivity contribution is 0.292. The minimum atomic E-state index is 0.458. The Morgan fingerprint density at radius 3 is 2.83 bits per heavy atom. The Hall–Kier alpha value is -2.36. The summed E-state index contributed by atoms with van der Waals surface area (Å²) in [5.74, 6) is 0.479. The van der Waals surface area contributed by atoms with Gasteiger partial charge in [-0.1, -0.05) is 36.9 Å². The highest BCUT2D eigenvalue weighted by atomic mass is 16.5. The molecule has 2 rings (SSSR count). The number of hydrogen-bond acceptors (Lipinski definition) is 3. The van der Waals surface area contributed by atoms with E-state index in [1.54, 1.807) is 6.33 Å². The average molecular weight is 241 g/mol. The Morgan fingerprint density at radius 1 is 1.44 bits per heavy atom. The number of rotatable bonds is 4. The van der Waals surface area contributed by atoms with Crippen molar-refractivity contribution >= 4 is 5.90 Å². The normalized spacial score (nSPS) is 11.3. The summed E-state index contributed by atoms with van der Waals surface area (Å²) in [7, 11) is 0. The fourth-order valence-electron chi connectivity index (χ4n) is 1.55. The van der Waals surface area contributed by atoms with Crippen molar-refractivity contribution in [3.63, 3.8) is 0 Å². The number of aromatic amines is 1. The number of imidazole rings is 1. The second-order valence-corrected chi connectivity index (χ2v) is 3.77. The third-order valence-corrected chi connectivity index (χ3v) is 2.46. The molecule has 0 radical (unpaired) electrons. The van der Waals surface area contributed by atoms with Crippen LogP contribution in [0.15, 0.2) is 54.4 Å². The monoisotopic (exact) mass is 241 g/mol. The van der Waals surface area contributed by atoms with Crippen LogP contribution in [-0.4, -0.2) is 15.9 Å². The van der Waals surface area contributed by atoms with E-state index in [9.17, 15) is 0 Å². The van der Waals surface area contributed by atoms with Gasteiger partial charge in [0.1, 0.15) is 12.3 Å². The van der Waals surface area contributed by atoms with Crippen molar-refractivity contribution in [2.24, 2.45) is 4.99 Å². The maximum absolute atomic E-state index is 5.69. The van der Waals surface area contributed by atoms with Gasteiger partial charge in [-0.15, -0.1) is 0 Å². The molecule has 0 aliphatic heterocycles. The summed E-state index contributed by atoms with van der Waals surface area (Å²) in [6.07, 6.45) is 3.07. The molecule has 1 N–H and O–H groups in total. The summed E-state index contributed by atoms with van der Waals surface area (Å²) < 4.78 is 5.69. The van der Waals surface area contributed by atoms with Crippen LogP contribution in [0.1, 0.15) is 17.0 Å². The molecule has 1 aromatic carbocycles. The molecule has 0 amide bonds. The number of aryl methyl sites for hydroxylation is 1. The molecule has 0 saturated heterocycles. The third kappa shape index (κ3) is 2.85. The van der Waals surface area contributed by atoms with Crippen molar-refractivity contribution < 1.29 is 4.74 Å². The van der Waals surface area contributed by atoms with Gasteiger partial charge in [0.15, 0.2) is 0 Å². The van der Waals surface area contributed by atoms with E-state index in [2.05, 4.69) is 21.5 Å². The fraction of sp³-hybridized carbons (Fsp3) is 0.143.